The van der Waals surface area contributed by atoms with Gasteiger partial charge in [-0.15, -0.1) is 0 Å². The molecule has 1 aliphatic heterocycles. The van der Waals surface area contributed by atoms with Crippen molar-refractivity contribution in [2.75, 3.05) is 46.4 Å². The van der Waals surface area contributed by atoms with E-state index in [1.807, 2.05) is 0 Å². The number of likely N-dealkylation sites (N-methyl/N-ethyl adjacent to an activating group) is 1. The van der Waals surface area contributed by atoms with Crippen LogP contribution in [0.4, 0.5) is 0 Å². The monoisotopic (exact) mass is 412 g/mol. The van der Waals surface area contributed by atoms with E-state index in [9.17, 15) is 0 Å². The Morgan fingerprint density at radius 2 is 1.52 bits per heavy atom. The van der Waals surface area contributed by atoms with Gasteiger partial charge in [0.1, 0.15) is 19.4 Å². The molecule has 31 heavy (non-hydrogen) atoms. The van der Waals surface area contributed by atoms with E-state index < -0.39 is 0 Å². The molecule has 0 aliphatic carbocycles. The smallest absolute Gasteiger partial charge is 0.213 e. The summed E-state index contributed by atoms with van der Waals surface area (Å²) < 4.78 is 8.50. The third-order valence-electron chi connectivity index (χ3n) is 6.47. The van der Waals surface area contributed by atoms with Gasteiger partial charge in [-0.1, -0.05) is 42.5 Å². The van der Waals surface area contributed by atoms with Crippen molar-refractivity contribution in [3.05, 3.63) is 72.8 Å². The number of pyridine rings is 1. The zero-order chi connectivity index (χ0) is 21.2. The maximum absolute atomic E-state index is 6.22. The fourth-order valence-corrected chi connectivity index (χ4v) is 4.63. The maximum atomic E-state index is 6.22. The highest BCUT2D eigenvalue weighted by molar-refractivity contribution is 6.07. The van der Waals surface area contributed by atoms with Gasteiger partial charge in [0, 0.05) is 50.4 Å². The number of hydrogen-bond donors (Lipinski definition) is 0. The second-order valence-electron chi connectivity index (χ2n) is 8.49. The number of benzene rings is 3. The number of para-hydroxylation sites is 1. The molecule has 158 valence electrons. The molecule has 1 saturated heterocycles. The first-order valence-electron chi connectivity index (χ1n) is 11.1. The van der Waals surface area contributed by atoms with Crippen LogP contribution in [0.3, 0.4) is 0 Å². The van der Waals surface area contributed by atoms with Gasteiger partial charge in [0.05, 0.1) is 10.8 Å². The number of nitrogens with zero attached hydrogens (tertiary/aromatic N) is 3. The van der Waals surface area contributed by atoms with E-state index in [2.05, 4.69) is 101 Å². The van der Waals surface area contributed by atoms with Crippen molar-refractivity contribution in [2.24, 2.45) is 7.05 Å². The van der Waals surface area contributed by atoms with Crippen LogP contribution in [0.15, 0.2) is 72.8 Å². The summed E-state index contributed by atoms with van der Waals surface area (Å²) in [7, 11) is 4.34. The number of aryl methyl sites for hydroxylation is 1. The molecule has 0 saturated carbocycles. The first-order chi connectivity index (χ1) is 15.2. The van der Waals surface area contributed by atoms with E-state index in [0.29, 0.717) is 0 Å². The predicted molar refractivity (Wildman–Crippen MR) is 127 cm³/mol. The van der Waals surface area contributed by atoms with Crippen LogP contribution in [0.2, 0.25) is 0 Å². The molecule has 4 aromatic rings. The van der Waals surface area contributed by atoms with Gasteiger partial charge >= 0.3 is 0 Å². The van der Waals surface area contributed by atoms with Crippen LogP contribution in [0, 0.1) is 0 Å². The van der Waals surface area contributed by atoms with Crippen LogP contribution < -0.4 is 9.30 Å². The molecule has 5 rings (SSSR count). The molecule has 0 N–H and O–H groups in total. The van der Waals surface area contributed by atoms with Crippen molar-refractivity contribution in [2.45, 2.75) is 0 Å². The van der Waals surface area contributed by atoms with Crippen LogP contribution in [-0.2, 0) is 7.05 Å². The van der Waals surface area contributed by atoms with Crippen molar-refractivity contribution >= 4 is 21.8 Å². The Morgan fingerprint density at radius 1 is 0.806 bits per heavy atom. The zero-order valence-electron chi connectivity index (χ0n) is 18.4. The first kappa shape index (κ1) is 20.0. The number of ether oxygens (including phenoxy) is 1. The average Bonchev–Trinajstić information content (AvgIpc) is 2.81. The Balaban J connectivity index is 1.51. The third-order valence-corrected chi connectivity index (χ3v) is 6.47. The van der Waals surface area contributed by atoms with E-state index in [1.54, 1.807) is 0 Å². The Bertz CT molecular complexity index is 1200. The van der Waals surface area contributed by atoms with Crippen molar-refractivity contribution < 1.29 is 9.30 Å². The number of rotatable bonds is 5. The van der Waals surface area contributed by atoms with Crippen LogP contribution in [0.5, 0.6) is 5.75 Å². The number of piperazine rings is 1. The van der Waals surface area contributed by atoms with Crippen molar-refractivity contribution in [1.82, 2.24) is 9.80 Å². The molecule has 0 atom stereocenters. The van der Waals surface area contributed by atoms with Crippen molar-refractivity contribution in [3.8, 4) is 16.9 Å². The zero-order valence-corrected chi connectivity index (χ0v) is 18.4. The normalized spacial score (nSPS) is 15.5. The molecular weight excluding hydrogens is 382 g/mol. The average molecular weight is 413 g/mol. The Morgan fingerprint density at radius 3 is 2.32 bits per heavy atom. The van der Waals surface area contributed by atoms with Crippen LogP contribution >= 0.6 is 0 Å². The second kappa shape index (κ2) is 8.66. The molecule has 1 fully saturated rings. The topological polar surface area (TPSA) is 19.6 Å². The molecule has 0 unspecified atom stereocenters. The maximum Gasteiger partial charge on any atom is 0.213 e. The van der Waals surface area contributed by atoms with Gasteiger partial charge < -0.3 is 9.64 Å². The van der Waals surface area contributed by atoms with E-state index in [-0.39, 0.29) is 0 Å². The molecule has 0 spiro atoms. The summed E-state index contributed by atoms with van der Waals surface area (Å²) in [6, 6.07) is 25.9. The molecule has 0 amide bonds. The van der Waals surface area contributed by atoms with E-state index in [1.165, 1.54) is 32.9 Å². The summed E-state index contributed by atoms with van der Waals surface area (Å²) in [6.45, 7) is 6.22. The predicted octanol–water partition coefficient (Wildman–Crippen LogP) is 4.11. The molecule has 4 nitrogen and oxygen atoms in total. The Kier molecular flexibility index (Phi) is 5.58. The highest BCUT2D eigenvalue weighted by atomic mass is 16.5. The quantitative estimate of drug-likeness (QED) is 0.363. The lowest BCUT2D eigenvalue weighted by Gasteiger charge is -2.32. The van der Waals surface area contributed by atoms with Crippen LogP contribution in [-0.4, -0.2) is 56.2 Å². The highest BCUT2D eigenvalue weighted by Crippen LogP contribution is 2.35. The van der Waals surface area contributed by atoms with Crippen molar-refractivity contribution in [3.63, 3.8) is 0 Å². The minimum atomic E-state index is 0.718. The van der Waals surface area contributed by atoms with Crippen LogP contribution in [0.1, 0.15) is 0 Å². The van der Waals surface area contributed by atoms with E-state index in [4.69, 9.17) is 4.74 Å². The minimum absolute atomic E-state index is 0.718. The van der Waals surface area contributed by atoms with E-state index in [0.717, 1.165) is 45.1 Å². The molecule has 3 aromatic carbocycles. The first-order valence-corrected chi connectivity index (χ1v) is 11.1. The molecule has 2 heterocycles. The molecule has 1 aliphatic rings. The van der Waals surface area contributed by atoms with Gasteiger partial charge in [-0.2, -0.15) is 4.57 Å². The van der Waals surface area contributed by atoms with Gasteiger partial charge in [0.15, 0.2) is 0 Å². The van der Waals surface area contributed by atoms with Crippen molar-refractivity contribution in [1.29, 1.82) is 0 Å². The van der Waals surface area contributed by atoms with Gasteiger partial charge in [-0.3, -0.25) is 4.90 Å². The molecule has 0 bridgehead atoms. The molecule has 4 heteroatoms. The summed E-state index contributed by atoms with van der Waals surface area (Å²) in [5.74, 6) is 0.939. The summed E-state index contributed by atoms with van der Waals surface area (Å²) in [5.41, 5.74) is 4.95. The Labute approximate surface area is 184 Å². The number of hydrogen-bond acceptors (Lipinski definition) is 3. The van der Waals surface area contributed by atoms with Gasteiger partial charge in [0.25, 0.3) is 0 Å². The largest absolute Gasteiger partial charge is 0.492 e. The van der Waals surface area contributed by atoms with Gasteiger partial charge in [-0.05, 0) is 30.8 Å². The summed E-state index contributed by atoms with van der Waals surface area (Å²) in [6.07, 6.45) is 0. The number of aromatic nitrogens is 1. The SMILES string of the molecule is CN1CCN(CCOc2ccc3c(c2)c(-c2ccccc2)c2ccccc2[n+]3C)CC1. The van der Waals surface area contributed by atoms with E-state index >= 15 is 0 Å². The summed E-state index contributed by atoms with van der Waals surface area (Å²) in [4.78, 5) is 4.88. The lowest BCUT2D eigenvalue weighted by molar-refractivity contribution is -0.617. The Hall–Kier alpha value is -2.95. The van der Waals surface area contributed by atoms with Gasteiger partial charge in [-0.25, -0.2) is 0 Å². The molecular formula is C27H30N3O+. The molecule has 0 radical (unpaired) electrons. The van der Waals surface area contributed by atoms with Gasteiger partial charge in [0.2, 0.25) is 11.0 Å². The summed E-state index contributed by atoms with van der Waals surface area (Å²) >= 11 is 0. The lowest BCUT2D eigenvalue weighted by Crippen LogP contribution is -2.45. The molecule has 1 aromatic heterocycles. The standard InChI is InChI=1S/C27H30N3O/c1-28-14-16-30(17-15-28)18-19-31-22-12-13-26-24(20-22)27(21-8-4-3-5-9-21)23-10-6-7-11-25(23)29(26)2/h3-13,20H,14-19H2,1-2H3/q+1. The fraction of sp³-hybridized carbons (Fsp3) is 0.296. The summed E-state index contributed by atoms with van der Waals surface area (Å²) in [5, 5.41) is 2.49. The van der Waals surface area contributed by atoms with Crippen LogP contribution in [0.25, 0.3) is 32.9 Å². The number of fused-ring (bicyclic) bond motifs is 2. The third kappa shape index (κ3) is 4.01. The highest BCUT2D eigenvalue weighted by Gasteiger charge is 2.19. The second-order valence-corrected chi connectivity index (χ2v) is 8.49. The minimum Gasteiger partial charge on any atom is -0.492 e. The fourth-order valence-electron chi connectivity index (χ4n) is 4.63. The lowest BCUT2D eigenvalue weighted by atomic mass is 9.95.